The molecule has 0 spiro atoms. The second kappa shape index (κ2) is 7.01. The lowest BCUT2D eigenvalue weighted by Crippen LogP contribution is -2.10. The zero-order valence-corrected chi connectivity index (χ0v) is 9.79. The third-order valence-electron chi connectivity index (χ3n) is 1.94. The van der Waals surface area contributed by atoms with E-state index < -0.39 is 11.9 Å². The van der Waals surface area contributed by atoms with Crippen LogP contribution in [-0.4, -0.2) is 24.8 Å². The Hall–Kier alpha value is -2.43. The second-order valence-corrected chi connectivity index (χ2v) is 3.18. The first-order chi connectivity index (χ1) is 8.69. The van der Waals surface area contributed by atoms with Crippen molar-refractivity contribution in [2.45, 2.75) is 6.92 Å². The smallest absolute Gasteiger partial charge is 0.344 e. The molecule has 0 amide bonds. The van der Waals surface area contributed by atoms with Gasteiger partial charge in [0.25, 0.3) is 0 Å². The van der Waals surface area contributed by atoms with E-state index in [-0.39, 0.29) is 18.5 Å². The molecule has 0 atom stereocenters. The van der Waals surface area contributed by atoms with Crippen molar-refractivity contribution in [1.82, 2.24) is 0 Å². The summed E-state index contributed by atoms with van der Waals surface area (Å²) in [6.45, 7) is 1.74. The molecule has 18 heavy (non-hydrogen) atoms. The predicted molar refractivity (Wildman–Crippen MR) is 62.6 cm³/mol. The average molecular weight is 248 g/mol. The summed E-state index contributed by atoms with van der Waals surface area (Å²) < 4.78 is 9.32. The monoisotopic (exact) mass is 248 g/mol. The van der Waals surface area contributed by atoms with E-state index in [4.69, 9.17) is 4.74 Å². The van der Waals surface area contributed by atoms with E-state index in [1.54, 1.807) is 37.3 Å². The van der Waals surface area contributed by atoms with Gasteiger partial charge >= 0.3 is 11.9 Å². The van der Waals surface area contributed by atoms with Crippen molar-refractivity contribution in [2.24, 2.45) is 0 Å². The Bertz CT molecular complexity index is 462. The molecule has 0 radical (unpaired) electrons. The van der Waals surface area contributed by atoms with E-state index in [0.717, 1.165) is 6.26 Å². The summed E-state index contributed by atoms with van der Waals surface area (Å²) in [5.74, 6) is -1.48. The van der Waals surface area contributed by atoms with E-state index in [0.29, 0.717) is 5.56 Å². The molecule has 0 heterocycles. The van der Waals surface area contributed by atoms with Crippen molar-refractivity contribution < 1.29 is 23.9 Å². The number of carbonyl (C=O) groups is 3. The topological polar surface area (TPSA) is 69.7 Å². The van der Waals surface area contributed by atoms with Gasteiger partial charge in [-0.05, 0) is 19.1 Å². The third-order valence-corrected chi connectivity index (χ3v) is 1.94. The van der Waals surface area contributed by atoms with Gasteiger partial charge < -0.3 is 9.47 Å². The molecule has 5 heteroatoms. The largest absolute Gasteiger partial charge is 0.462 e. The normalized spacial score (nSPS) is 10.6. The molecule has 1 rings (SSSR count). The lowest BCUT2D eigenvalue weighted by molar-refractivity contribution is -0.139. The molecule has 0 unspecified atom stereocenters. The SMILES string of the molecule is CCOC(=O)/C(C=O)=C\OC(=O)c1ccccc1. The summed E-state index contributed by atoms with van der Waals surface area (Å²) in [4.78, 5) is 33.3. The van der Waals surface area contributed by atoms with E-state index in [2.05, 4.69) is 4.74 Å². The summed E-state index contributed by atoms with van der Waals surface area (Å²) in [5, 5.41) is 0. The van der Waals surface area contributed by atoms with Crippen molar-refractivity contribution in [2.75, 3.05) is 6.61 Å². The maximum atomic E-state index is 11.5. The van der Waals surface area contributed by atoms with Gasteiger partial charge in [0, 0.05) is 0 Å². The number of benzene rings is 1. The van der Waals surface area contributed by atoms with Gasteiger partial charge in [-0.1, -0.05) is 18.2 Å². The highest BCUT2D eigenvalue weighted by Crippen LogP contribution is 2.03. The number of esters is 2. The lowest BCUT2D eigenvalue weighted by atomic mass is 10.2. The zero-order chi connectivity index (χ0) is 13.4. The second-order valence-electron chi connectivity index (χ2n) is 3.18. The van der Waals surface area contributed by atoms with Crippen LogP contribution in [0.2, 0.25) is 0 Å². The molecule has 0 N–H and O–H groups in total. The van der Waals surface area contributed by atoms with E-state index in [1.807, 2.05) is 0 Å². The van der Waals surface area contributed by atoms with Gasteiger partial charge in [0.1, 0.15) is 11.8 Å². The van der Waals surface area contributed by atoms with Crippen LogP contribution in [0.3, 0.4) is 0 Å². The average Bonchev–Trinajstić information content (AvgIpc) is 2.40. The molecule has 0 aliphatic rings. The fourth-order valence-electron chi connectivity index (χ4n) is 1.10. The van der Waals surface area contributed by atoms with Gasteiger partial charge in [-0.25, -0.2) is 9.59 Å². The third kappa shape index (κ3) is 3.86. The maximum absolute atomic E-state index is 11.5. The minimum atomic E-state index is -0.826. The van der Waals surface area contributed by atoms with Crippen LogP contribution >= 0.6 is 0 Å². The van der Waals surface area contributed by atoms with Gasteiger partial charge in [0.15, 0.2) is 6.29 Å². The van der Waals surface area contributed by atoms with Gasteiger partial charge in [0.2, 0.25) is 0 Å². The number of rotatable bonds is 5. The highest BCUT2D eigenvalue weighted by atomic mass is 16.5. The molecular weight excluding hydrogens is 236 g/mol. The summed E-state index contributed by atoms with van der Waals surface area (Å²) in [5.41, 5.74) is -0.0241. The Morgan fingerprint density at radius 1 is 1.22 bits per heavy atom. The Labute approximate surface area is 104 Å². The molecule has 94 valence electrons. The van der Waals surface area contributed by atoms with Crippen molar-refractivity contribution in [1.29, 1.82) is 0 Å². The number of aldehydes is 1. The van der Waals surface area contributed by atoms with Crippen LogP contribution in [0.25, 0.3) is 0 Å². The van der Waals surface area contributed by atoms with Crippen LogP contribution in [0.1, 0.15) is 17.3 Å². The fourth-order valence-corrected chi connectivity index (χ4v) is 1.10. The number of hydrogen-bond acceptors (Lipinski definition) is 5. The molecular formula is C13H12O5. The van der Waals surface area contributed by atoms with Crippen molar-refractivity contribution in [3.05, 3.63) is 47.7 Å². The molecule has 0 fully saturated rings. The fraction of sp³-hybridized carbons (Fsp3) is 0.154. The van der Waals surface area contributed by atoms with Crippen LogP contribution in [0, 0.1) is 0 Å². The molecule has 0 aromatic heterocycles. The zero-order valence-electron chi connectivity index (χ0n) is 9.79. The van der Waals surface area contributed by atoms with Gasteiger partial charge in [0.05, 0.1) is 12.2 Å². The Morgan fingerprint density at radius 2 is 1.89 bits per heavy atom. The minimum absolute atomic E-state index is 0.136. The van der Waals surface area contributed by atoms with Crippen LogP contribution < -0.4 is 0 Å². The molecule has 0 aliphatic heterocycles. The minimum Gasteiger partial charge on any atom is -0.462 e. The number of ether oxygens (including phenoxy) is 2. The van der Waals surface area contributed by atoms with Gasteiger partial charge in [-0.3, -0.25) is 4.79 Å². The first-order valence-corrected chi connectivity index (χ1v) is 5.27. The quantitative estimate of drug-likeness (QED) is 0.197. The van der Waals surface area contributed by atoms with Crippen LogP contribution in [0.15, 0.2) is 42.2 Å². The van der Waals surface area contributed by atoms with Crippen molar-refractivity contribution in [3.8, 4) is 0 Å². The first-order valence-electron chi connectivity index (χ1n) is 5.27. The highest BCUT2D eigenvalue weighted by molar-refractivity contribution is 6.07. The van der Waals surface area contributed by atoms with Crippen LogP contribution in [0.5, 0.6) is 0 Å². The van der Waals surface area contributed by atoms with Gasteiger partial charge in [-0.2, -0.15) is 0 Å². The van der Waals surface area contributed by atoms with Crippen molar-refractivity contribution >= 4 is 18.2 Å². The predicted octanol–water partition coefficient (Wildman–Crippen LogP) is 1.49. The Balaban J connectivity index is 2.70. The molecule has 1 aromatic carbocycles. The molecule has 0 aliphatic carbocycles. The Morgan fingerprint density at radius 3 is 2.44 bits per heavy atom. The lowest BCUT2D eigenvalue weighted by Gasteiger charge is -2.01. The molecule has 5 nitrogen and oxygen atoms in total. The van der Waals surface area contributed by atoms with E-state index in [9.17, 15) is 14.4 Å². The summed E-state index contributed by atoms with van der Waals surface area (Å²) in [7, 11) is 0. The molecule has 0 bridgehead atoms. The first kappa shape index (κ1) is 13.6. The van der Waals surface area contributed by atoms with Gasteiger partial charge in [-0.15, -0.1) is 0 Å². The van der Waals surface area contributed by atoms with E-state index in [1.165, 1.54) is 0 Å². The molecule has 0 saturated heterocycles. The summed E-state index contributed by atoms with van der Waals surface area (Å²) >= 11 is 0. The molecule has 0 saturated carbocycles. The number of carbonyl (C=O) groups excluding carboxylic acids is 3. The molecule has 1 aromatic rings. The summed E-state index contributed by atoms with van der Waals surface area (Å²) in [6.07, 6.45) is 1.07. The summed E-state index contributed by atoms with van der Waals surface area (Å²) in [6, 6.07) is 8.21. The number of hydrogen-bond donors (Lipinski definition) is 0. The standard InChI is InChI=1S/C13H12O5/c1-2-17-13(16)11(8-14)9-18-12(15)10-6-4-3-5-7-10/h3-9H,2H2,1H3/b11-9-. The van der Waals surface area contributed by atoms with Crippen molar-refractivity contribution in [3.63, 3.8) is 0 Å². The Kier molecular flexibility index (Phi) is 5.31. The maximum Gasteiger partial charge on any atom is 0.344 e. The van der Waals surface area contributed by atoms with Crippen LogP contribution in [-0.2, 0) is 19.1 Å². The van der Waals surface area contributed by atoms with E-state index >= 15 is 0 Å². The van der Waals surface area contributed by atoms with Crippen LogP contribution in [0.4, 0.5) is 0 Å². The highest BCUT2D eigenvalue weighted by Gasteiger charge is 2.12.